The van der Waals surface area contributed by atoms with Gasteiger partial charge in [-0.25, -0.2) is 13.2 Å². The molecule has 1 unspecified atom stereocenters. The average molecular weight is 380 g/mol. The third-order valence-corrected chi connectivity index (χ3v) is 7.10. The number of nitrogens with one attached hydrogen (secondary N) is 1. The molecule has 144 valence electrons. The molecule has 0 aromatic heterocycles. The van der Waals surface area contributed by atoms with Crippen LogP contribution in [0.1, 0.15) is 38.2 Å². The molecule has 3 rings (SSSR count). The zero-order valence-corrected chi connectivity index (χ0v) is 16.3. The number of sulfone groups is 1. The lowest BCUT2D eigenvalue weighted by Gasteiger charge is -2.29. The number of carbonyl (C=O) groups excluding carboxylic acids is 1. The highest BCUT2D eigenvalue weighted by atomic mass is 32.2. The van der Waals surface area contributed by atoms with Crippen LogP contribution in [0.4, 0.5) is 10.5 Å². The summed E-state index contributed by atoms with van der Waals surface area (Å²) >= 11 is 0. The van der Waals surface area contributed by atoms with Gasteiger partial charge in [-0.15, -0.1) is 0 Å². The predicted molar refractivity (Wildman–Crippen MR) is 104 cm³/mol. The number of piperidine rings is 1. The summed E-state index contributed by atoms with van der Waals surface area (Å²) in [6, 6.07) is 7.47. The van der Waals surface area contributed by atoms with Crippen molar-refractivity contribution in [3.8, 4) is 0 Å². The molecular weight excluding hydrogens is 350 g/mol. The first-order valence-electron chi connectivity index (χ1n) is 9.57. The van der Waals surface area contributed by atoms with Gasteiger partial charge >= 0.3 is 6.03 Å². The van der Waals surface area contributed by atoms with Crippen LogP contribution in [0.2, 0.25) is 0 Å². The highest BCUT2D eigenvalue weighted by Gasteiger charge is 2.34. The summed E-state index contributed by atoms with van der Waals surface area (Å²) in [5, 5.41) is 3.02. The number of rotatable bonds is 5. The fourth-order valence-electron chi connectivity index (χ4n) is 3.91. The number of hydrogen-bond donors (Lipinski definition) is 1. The summed E-state index contributed by atoms with van der Waals surface area (Å²) in [7, 11) is -3.01. The first kappa shape index (κ1) is 19.2. The maximum absolute atomic E-state index is 12.8. The highest BCUT2D eigenvalue weighted by Crippen LogP contribution is 2.22. The number of likely N-dealkylation sites (tertiary alicyclic amines) is 1. The molecule has 2 amide bonds. The van der Waals surface area contributed by atoms with Gasteiger partial charge in [0, 0.05) is 24.8 Å². The third kappa shape index (κ3) is 4.76. The number of benzene rings is 1. The van der Waals surface area contributed by atoms with Gasteiger partial charge in [0.2, 0.25) is 0 Å². The quantitative estimate of drug-likeness (QED) is 0.854. The minimum atomic E-state index is -3.01. The molecule has 1 aromatic rings. The highest BCUT2D eigenvalue weighted by molar-refractivity contribution is 7.91. The molecule has 0 spiro atoms. The molecule has 2 aliphatic heterocycles. The first-order chi connectivity index (χ1) is 12.5. The summed E-state index contributed by atoms with van der Waals surface area (Å²) in [6.45, 7) is 5.43. The maximum atomic E-state index is 12.8. The van der Waals surface area contributed by atoms with Crippen molar-refractivity contribution in [2.24, 2.45) is 0 Å². The number of hydrogen-bond acceptors (Lipinski definition) is 4. The maximum Gasteiger partial charge on any atom is 0.322 e. The molecule has 7 heteroatoms. The molecule has 1 N–H and O–H groups in total. The van der Waals surface area contributed by atoms with E-state index < -0.39 is 9.84 Å². The monoisotopic (exact) mass is 379 g/mol. The van der Waals surface area contributed by atoms with E-state index in [0.717, 1.165) is 30.9 Å². The first-order valence-corrected chi connectivity index (χ1v) is 11.4. The van der Waals surface area contributed by atoms with Crippen molar-refractivity contribution in [1.82, 2.24) is 9.80 Å². The van der Waals surface area contributed by atoms with Crippen molar-refractivity contribution < 1.29 is 13.2 Å². The van der Waals surface area contributed by atoms with Gasteiger partial charge in [-0.2, -0.15) is 0 Å². The van der Waals surface area contributed by atoms with Crippen LogP contribution in [-0.2, 0) is 16.4 Å². The molecule has 26 heavy (non-hydrogen) atoms. The van der Waals surface area contributed by atoms with Crippen LogP contribution < -0.4 is 5.32 Å². The van der Waals surface area contributed by atoms with Gasteiger partial charge in [0.15, 0.2) is 9.84 Å². The van der Waals surface area contributed by atoms with Crippen molar-refractivity contribution in [1.29, 1.82) is 0 Å². The van der Waals surface area contributed by atoms with E-state index in [1.54, 1.807) is 4.90 Å². The average Bonchev–Trinajstić information content (AvgIpc) is 2.98. The Morgan fingerprint density at radius 3 is 2.62 bits per heavy atom. The normalized spacial score (nSPS) is 22.9. The Kier molecular flexibility index (Phi) is 6.19. The van der Waals surface area contributed by atoms with Crippen molar-refractivity contribution in [2.75, 3.05) is 36.5 Å². The number of urea groups is 1. The summed E-state index contributed by atoms with van der Waals surface area (Å²) in [5.41, 5.74) is 1.93. The summed E-state index contributed by atoms with van der Waals surface area (Å²) < 4.78 is 23.5. The number of anilines is 1. The number of amides is 2. The molecule has 0 radical (unpaired) electrons. The van der Waals surface area contributed by atoms with E-state index in [1.165, 1.54) is 19.3 Å². The molecule has 2 heterocycles. The standard InChI is InChI=1S/C19H29N3O3S/c1-2-22(17-10-13-26(24,25)15-17)19(23)20-18-9-5-4-8-16(18)14-21-11-6-3-7-12-21/h4-5,8-9,17H,2-3,6-7,10-15H2,1H3,(H,20,23). The summed E-state index contributed by atoms with van der Waals surface area (Å²) in [4.78, 5) is 16.9. The Morgan fingerprint density at radius 1 is 1.23 bits per heavy atom. The van der Waals surface area contributed by atoms with E-state index >= 15 is 0 Å². The van der Waals surface area contributed by atoms with E-state index in [4.69, 9.17) is 0 Å². The van der Waals surface area contributed by atoms with Gasteiger partial charge in [0.1, 0.15) is 0 Å². The van der Waals surface area contributed by atoms with Crippen LogP contribution >= 0.6 is 0 Å². The fourth-order valence-corrected chi connectivity index (χ4v) is 5.65. The third-order valence-electron chi connectivity index (χ3n) is 5.35. The minimum absolute atomic E-state index is 0.0731. The second kappa shape index (κ2) is 8.39. The zero-order chi connectivity index (χ0) is 18.6. The second-order valence-electron chi connectivity index (χ2n) is 7.27. The van der Waals surface area contributed by atoms with Crippen LogP contribution in [0.3, 0.4) is 0 Å². The smallest absolute Gasteiger partial charge is 0.321 e. The Morgan fingerprint density at radius 2 is 1.96 bits per heavy atom. The minimum Gasteiger partial charge on any atom is -0.321 e. The van der Waals surface area contributed by atoms with Gasteiger partial charge in [0.25, 0.3) is 0 Å². The molecular formula is C19H29N3O3S. The Hall–Kier alpha value is -1.60. The Balaban J connectivity index is 1.68. The van der Waals surface area contributed by atoms with Crippen LogP contribution in [0.5, 0.6) is 0 Å². The van der Waals surface area contributed by atoms with Crippen molar-refractivity contribution in [2.45, 2.75) is 45.2 Å². The molecule has 0 aliphatic carbocycles. The number of carbonyl (C=O) groups is 1. The molecule has 1 aromatic carbocycles. The lowest BCUT2D eigenvalue weighted by Crippen LogP contribution is -2.43. The largest absolute Gasteiger partial charge is 0.322 e. The molecule has 6 nitrogen and oxygen atoms in total. The molecule has 2 aliphatic rings. The van der Waals surface area contributed by atoms with E-state index in [1.807, 2.05) is 25.1 Å². The Labute approximate surface area is 156 Å². The second-order valence-corrected chi connectivity index (χ2v) is 9.50. The fraction of sp³-hybridized carbons (Fsp3) is 0.632. The Bertz CT molecular complexity index is 729. The van der Waals surface area contributed by atoms with E-state index in [-0.39, 0.29) is 23.6 Å². The van der Waals surface area contributed by atoms with Gasteiger partial charge in [-0.1, -0.05) is 24.6 Å². The molecule has 1 atom stereocenters. The summed E-state index contributed by atoms with van der Waals surface area (Å²) in [5.74, 6) is 0.247. The topological polar surface area (TPSA) is 69.7 Å². The molecule has 0 bridgehead atoms. The van der Waals surface area contributed by atoms with E-state index in [2.05, 4.69) is 16.3 Å². The van der Waals surface area contributed by atoms with Crippen molar-refractivity contribution in [3.63, 3.8) is 0 Å². The molecule has 2 fully saturated rings. The summed E-state index contributed by atoms with van der Waals surface area (Å²) in [6.07, 6.45) is 4.28. The number of nitrogens with zero attached hydrogens (tertiary/aromatic N) is 2. The SMILES string of the molecule is CCN(C(=O)Nc1ccccc1CN1CCCCC1)C1CCS(=O)(=O)C1. The number of para-hydroxylation sites is 1. The van der Waals surface area contributed by atoms with Crippen molar-refractivity contribution in [3.05, 3.63) is 29.8 Å². The lowest BCUT2D eigenvalue weighted by molar-refractivity contribution is 0.197. The van der Waals surface area contributed by atoms with Gasteiger partial charge in [-0.3, -0.25) is 4.90 Å². The van der Waals surface area contributed by atoms with Crippen molar-refractivity contribution >= 4 is 21.6 Å². The van der Waals surface area contributed by atoms with Crippen LogP contribution in [0.15, 0.2) is 24.3 Å². The van der Waals surface area contributed by atoms with Crippen LogP contribution in [-0.4, -0.2) is 61.4 Å². The van der Waals surface area contributed by atoms with Crippen LogP contribution in [0.25, 0.3) is 0 Å². The lowest BCUT2D eigenvalue weighted by atomic mass is 10.1. The molecule has 0 saturated carbocycles. The zero-order valence-electron chi connectivity index (χ0n) is 15.5. The van der Waals surface area contributed by atoms with E-state index in [0.29, 0.717) is 13.0 Å². The van der Waals surface area contributed by atoms with Crippen LogP contribution in [0, 0.1) is 0 Å². The van der Waals surface area contributed by atoms with E-state index in [9.17, 15) is 13.2 Å². The predicted octanol–water partition coefficient (Wildman–Crippen LogP) is 2.71. The van der Waals surface area contributed by atoms with Gasteiger partial charge < -0.3 is 10.2 Å². The molecule has 2 saturated heterocycles. The van der Waals surface area contributed by atoms with Gasteiger partial charge in [-0.05, 0) is 50.9 Å². The van der Waals surface area contributed by atoms with Gasteiger partial charge in [0.05, 0.1) is 11.5 Å².